The highest BCUT2D eigenvalue weighted by atomic mass is 19.1. The predicted molar refractivity (Wildman–Crippen MR) is 61.3 cm³/mol. The molecule has 17 heavy (non-hydrogen) atoms. The maximum absolute atomic E-state index is 12.9. The van der Waals surface area contributed by atoms with Crippen molar-refractivity contribution in [2.45, 2.75) is 25.3 Å². The van der Waals surface area contributed by atoms with Crippen LogP contribution in [-0.2, 0) is 12.8 Å². The summed E-state index contributed by atoms with van der Waals surface area (Å²) in [5.41, 5.74) is 8.80. The van der Waals surface area contributed by atoms with Crippen LogP contribution in [0.1, 0.15) is 17.8 Å². The van der Waals surface area contributed by atoms with E-state index in [-0.39, 0.29) is 11.9 Å². The maximum Gasteiger partial charge on any atom is 0.123 e. The molecule has 0 bridgehead atoms. The molecule has 0 spiro atoms. The van der Waals surface area contributed by atoms with Gasteiger partial charge in [0.25, 0.3) is 0 Å². The summed E-state index contributed by atoms with van der Waals surface area (Å²) in [6.07, 6.45) is 2.60. The van der Waals surface area contributed by atoms with E-state index in [0.29, 0.717) is 0 Å². The Hall–Kier alpha value is -1.75. The fourth-order valence-electron chi connectivity index (χ4n) is 2.20. The number of hydrogen-bond donors (Lipinski definition) is 1. The zero-order valence-electron chi connectivity index (χ0n) is 9.31. The van der Waals surface area contributed by atoms with E-state index in [0.717, 1.165) is 36.3 Å². The summed E-state index contributed by atoms with van der Waals surface area (Å²) in [6, 6.07) is 6.45. The topological polar surface area (TPSA) is 56.7 Å². The van der Waals surface area contributed by atoms with Gasteiger partial charge in [0.15, 0.2) is 0 Å². The third kappa shape index (κ3) is 1.82. The lowest BCUT2D eigenvalue weighted by Gasteiger charge is -2.17. The number of hydrogen-bond acceptors (Lipinski definition) is 3. The molecule has 0 saturated carbocycles. The molecule has 88 valence electrons. The molecule has 4 nitrogen and oxygen atoms in total. The molecule has 1 heterocycles. The lowest BCUT2D eigenvalue weighted by molar-refractivity contribution is 0.558. The third-order valence-electron chi connectivity index (χ3n) is 3.12. The highest BCUT2D eigenvalue weighted by molar-refractivity contribution is 5.34. The molecular weight excluding hydrogens is 219 g/mol. The zero-order chi connectivity index (χ0) is 11.8. The van der Waals surface area contributed by atoms with Crippen LogP contribution in [0.3, 0.4) is 0 Å². The van der Waals surface area contributed by atoms with Crippen molar-refractivity contribution in [2.75, 3.05) is 0 Å². The van der Waals surface area contributed by atoms with Gasteiger partial charge in [-0.2, -0.15) is 0 Å². The van der Waals surface area contributed by atoms with E-state index in [2.05, 4.69) is 10.3 Å². The molecule has 1 atom stereocenters. The Kier molecular flexibility index (Phi) is 2.40. The molecule has 3 rings (SSSR count). The minimum Gasteiger partial charge on any atom is -0.327 e. The first-order valence-corrected chi connectivity index (χ1v) is 5.69. The lowest BCUT2D eigenvalue weighted by Crippen LogP contribution is -2.28. The van der Waals surface area contributed by atoms with Gasteiger partial charge in [-0.15, -0.1) is 5.10 Å². The Balaban J connectivity index is 2.02. The van der Waals surface area contributed by atoms with Gasteiger partial charge < -0.3 is 5.73 Å². The largest absolute Gasteiger partial charge is 0.327 e. The van der Waals surface area contributed by atoms with E-state index in [1.807, 2.05) is 0 Å². The first-order valence-electron chi connectivity index (χ1n) is 5.69. The molecule has 1 aliphatic rings. The van der Waals surface area contributed by atoms with Crippen molar-refractivity contribution < 1.29 is 4.39 Å². The van der Waals surface area contributed by atoms with Crippen LogP contribution in [0.4, 0.5) is 4.39 Å². The summed E-state index contributed by atoms with van der Waals surface area (Å²) < 4.78 is 14.6. The Morgan fingerprint density at radius 1 is 1.29 bits per heavy atom. The Morgan fingerprint density at radius 2 is 2.06 bits per heavy atom. The van der Waals surface area contributed by atoms with Crippen molar-refractivity contribution in [3.8, 4) is 5.69 Å². The summed E-state index contributed by atoms with van der Waals surface area (Å²) in [6.45, 7) is 0. The fraction of sp³-hybridized carbons (Fsp3) is 0.333. The fourth-order valence-corrected chi connectivity index (χ4v) is 2.20. The summed E-state index contributed by atoms with van der Waals surface area (Å²) in [5, 5.41) is 8.27. The summed E-state index contributed by atoms with van der Waals surface area (Å²) in [4.78, 5) is 0. The smallest absolute Gasteiger partial charge is 0.123 e. The summed E-state index contributed by atoms with van der Waals surface area (Å²) in [5.74, 6) is -0.246. The van der Waals surface area contributed by atoms with Gasteiger partial charge >= 0.3 is 0 Å². The van der Waals surface area contributed by atoms with Crippen LogP contribution in [0.5, 0.6) is 0 Å². The second kappa shape index (κ2) is 3.92. The second-order valence-corrected chi connectivity index (χ2v) is 4.37. The molecule has 2 aromatic rings. The second-order valence-electron chi connectivity index (χ2n) is 4.37. The first-order chi connectivity index (χ1) is 8.24. The van der Waals surface area contributed by atoms with Crippen LogP contribution in [0.25, 0.3) is 5.69 Å². The molecule has 1 aliphatic carbocycles. The number of aromatic nitrogens is 3. The van der Waals surface area contributed by atoms with Gasteiger partial charge in [0, 0.05) is 12.5 Å². The van der Waals surface area contributed by atoms with E-state index < -0.39 is 0 Å². The van der Waals surface area contributed by atoms with Crippen LogP contribution >= 0.6 is 0 Å². The number of benzene rings is 1. The van der Waals surface area contributed by atoms with Gasteiger partial charge in [0.1, 0.15) is 5.82 Å². The molecular formula is C12H13FN4. The molecule has 1 unspecified atom stereocenters. The van der Waals surface area contributed by atoms with Crippen LogP contribution < -0.4 is 5.73 Å². The summed E-state index contributed by atoms with van der Waals surface area (Å²) in [7, 11) is 0. The van der Waals surface area contributed by atoms with Crippen LogP contribution in [0.2, 0.25) is 0 Å². The molecule has 0 amide bonds. The molecule has 0 radical (unpaired) electrons. The normalized spacial score (nSPS) is 19.1. The highest BCUT2D eigenvalue weighted by Crippen LogP contribution is 2.21. The van der Waals surface area contributed by atoms with Crippen LogP contribution in [0.15, 0.2) is 24.3 Å². The van der Waals surface area contributed by atoms with E-state index >= 15 is 0 Å². The SMILES string of the molecule is NC1CCc2c(nnn2-c2ccc(F)cc2)C1. The first kappa shape index (κ1) is 10.4. The molecule has 5 heteroatoms. The van der Waals surface area contributed by atoms with Crippen molar-refractivity contribution in [2.24, 2.45) is 5.73 Å². The van der Waals surface area contributed by atoms with Gasteiger partial charge in [-0.25, -0.2) is 9.07 Å². The van der Waals surface area contributed by atoms with Crippen LogP contribution in [0, 0.1) is 5.82 Å². The number of nitrogens with two attached hydrogens (primary N) is 1. The van der Waals surface area contributed by atoms with Gasteiger partial charge in [-0.05, 0) is 37.1 Å². The lowest BCUT2D eigenvalue weighted by atomic mass is 9.96. The van der Waals surface area contributed by atoms with E-state index in [1.54, 1.807) is 16.8 Å². The molecule has 0 aliphatic heterocycles. The maximum atomic E-state index is 12.9. The monoisotopic (exact) mass is 232 g/mol. The molecule has 1 aromatic carbocycles. The molecule has 0 fully saturated rings. The Morgan fingerprint density at radius 3 is 2.82 bits per heavy atom. The minimum absolute atomic E-state index is 0.181. The zero-order valence-corrected chi connectivity index (χ0v) is 9.31. The quantitative estimate of drug-likeness (QED) is 0.804. The third-order valence-corrected chi connectivity index (χ3v) is 3.12. The average Bonchev–Trinajstić information content (AvgIpc) is 2.73. The van der Waals surface area contributed by atoms with Gasteiger partial charge in [0.05, 0.1) is 17.1 Å². The van der Waals surface area contributed by atoms with Crippen molar-refractivity contribution in [3.63, 3.8) is 0 Å². The average molecular weight is 232 g/mol. The number of rotatable bonds is 1. The van der Waals surface area contributed by atoms with Crippen molar-refractivity contribution in [3.05, 3.63) is 41.5 Å². The van der Waals surface area contributed by atoms with E-state index in [9.17, 15) is 4.39 Å². The predicted octanol–water partition coefficient (Wildman–Crippen LogP) is 1.22. The van der Waals surface area contributed by atoms with E-state index in [1.165, 1.54) is 12.1 Å². The number of nitrogens with zero attached hydrogens (tertiary/aromatic N) is 3. The molecule has 2 N–H and O–H groups in total. The van der Waals surface area contributed by atoms with Crippen LogP contribution in [-0.4, -0.2) is 21.0 Å². The highest BCUT2D eigenvalue weighted by Gasteiger charge is 2.21. The van der Waals surface area contributed by atoms with Crippen molar-refractivity contribution >= 4 is 0 Å². The Bertz CT molecular complexity index is 532. The van der Waals surface area contributed by atoms with Gasteiger partial charge in [-0.3, -0.25) is 0 Å². The van der Waals surface area contributed by atoms with E-state index in [4.69, 9.17) is 5.73 Å². The minimum atomic E-state index is -0.246. The van der Waals surface area contributed by atoms with Crippen molar-refractivity contribution in [1.29, 1.82) is 0 Å². The van der Waals surface area contributed by atoms with Gasteiger partial charge in [-0.1, -0.05) is 5.21 Å². The number of fused-ring (bicyclic) bond motifs is 1. The summed E-state index contributed by atoms with van der Waals surface area (Å²) >= 11 is 0. The molecule has 0 saturated heterocycles. The standard InChI is InChI=1S/C12H13FN4/c13-8-1-4-10(5-2-8)17-12-6-3-9(14)7-11(12)15-16-17/h1-2,4-5,9H,3,6-7,14H2. The Labute approximate surface area is 98.2 Å². The van der Waals surface area contributed by atoms with Crippen molar-refractivity contribution in [1.82, 2.24) is 15.0 Å². The number of halogens is 1. The molecule has 1 aromatic heterocycles. The van der Waals surface area contributed by atoms with Gasteiger partial charge in [0.2, 0.25) is 0 Å².